The standard InChI is InChI=1S/C18H33N7O/c1-14(2)24(15(3)4)8-7-20-18(19-5)23-9-10-25(17(26)13-23)16-11-21-22(6)12-16/h11-12,14-15H,7-10,13H2,1-6H3,(H,19,20). The molecule has 1 aromatic heterocycles. The summed E-state index contributed by atoms with van der Waals surface area (Å²) in [5.41, 5.74) is 0.851. The molecule has 0 radical (unpaired) electrons. The molecule has 0 spiro atoms. The molecule has 8 heteroatoms. The first-order valence-corrected chi connectivity index (χ1v) is 9.33. The summed E-state index contributed by atoms with van der Waals surface area (Å²) in [7, 11) is 3.62. The lowest BCUT2D eigenvalue weighted by atomic mass is 10.2. The number of carbonyl (C=O) groups excluding carboxylic acids is 1. The van der Waals surface area contributed by atoms with Gasteiger partial charge in [0.25, 0.3) is 0 Å². The molecule has 1 aliphatic rings. The van der Waals surface area contributed by atoms with Gasteiger partial charge >= 0.3 is 0 Å². The van der Waals surface area contributed by atoms with Gasteiger partial charge in [-0.05, 0) is 27.7 Å². The second-order valence-electron chi connectivity index (χ2n) is 7.24. The number of nitrogens with one attached hydrogen (secondary N) is 1. The number of aryl methyl sites for hydroxylation is 1. The Morgan fingerprint density at radius 2 is 2.00 bits per heavy atom. The molecule has 0 atom stereocenters. The first-order chi connectivity index (χ1) is 12.3. The molecule has 146 valence electrons. The number of amides is 1. The molecule has 1 aliphatic heterocycles. The van der Waals surface area contributed by atoms with Gasteiger partial charge in [-0.25, -0.2) is 0 Å². The molecular weight excluding hydrogens is 330 g/mol. The molecule has 1 amide bonds. The zero-order valence-corrected chi connectivity index (χ0v) is 16.9. The Hall–Kier alpha value is -2.09. The van der Waals surface area contributed by atoms with Gasteiger partial charge in [-0.3, -0.25) is 19.4 Å². The second kappa shape index (κ2) is 9.02. The van der Waals surface area contributed by atoms with Gasteiger partial charge < -0.3 is 15.1 Å². The maximum Gasteiger partial charge on any atom is 0.246 e. The van der Waals surface area contributed by atoms with E-state index in [9.17, 15) is 4.79 Å². The minimum absolute atomic E-state index is 0.0678. The van der Waals surface area contributed by atoms with E-state index in [0.29, 0.717) is 25.2 Å². The molecule has 0 saturated carbocycles. The third kappa shape index (κ3) is 4.97. The Bertz CT molecular complexity index is 615. The number of piperazine rings is 1. The highest BCUT2D eigenvalue weighted by atomic mass is 16.2. The molecule has 1 fully saturated rings. The van der Waals surface area contributed by atoms with Gasteiger partial charge in [-0.15, -0.1) is 0 Å². The Morgan fingerprint density at radius 1 is 1.31 bits per heavy atom. The average Bonchev–Trinajstić information content (AvgIpc) is 3.00. The molecule has 0 aliphatic carbocycles. The van der Waals surface area contributed by atoms with Gasteiger partial charge in [0.15, 0.2) is 5.96 Å². The van der Waals surface area contributed by atoms with Crippen molar-refractivity contribution in [2.45, 2.75) is 39.8 Å². The smallest absolute Gasteiger partial charge is 0.246 e. The lowest BCUT2D eigenvalue weighted by Crippen LogP contribution is -2.56. The first kappa shape index (κ1) is 20.2. The van der Waals surface area contributed by atoms with Gasteiger partial charge in [0, 0.05) is 58.6 Å². The number of aliphatic imine (C=N–C) groups is 1. The summed E-state index contributed by atoms with van der Waals surface area (Å²) < 4.78 is 1.71. The minimum atomic E-state index is 0.0678. The molecule has 0 unspecified atom stereocenters. The maximum absolute atomic E-state index is 12.6. The van der Waals surface area contributed by atoms with Crippen LogP contribution in [0.1, 0.15) is 27.7 Å². The number of hydrogen-bond donors (Lipinski definition) is 1. The molecule has 2 rings (SSSR count). The van der Waals surface area contributed by atoms with Crippen LogP contribution < -0.4 is 10.2 Å². The van der Waals surface area contributed by atoms with Crippen molar-refractivity contribution in [3.05, 3.63) is 12.4 Å². The normalized spacial score (nSPS) is 16.3. The molecule has 1 N–H and O–H groups in total. The predicted octanol–water partition coefficient (Wildman–Crippen LogP) is 0.763. The van der Waals surface area contributed by atoms with Crippen molar-refractivity contribution in [3.8, 4) is 0 Å². The van der Waals surface area contributed by atoms with Crippen LogP contribution in [0.4, 0.5) is 5.69 Å². The lowest BCUT2D eigenvalue weighted by Gasteiger charge is -2.36. The van der Waals surface area contributed by atoms with Crippen molar-refractivity contribution >= 4 is 17.6 Å². The third-order valence-corrected chi connectivity index (χ3v) is 4.71. The van der Waals surface area contributed by atoms with E-state index in [1.54, 1.807) is 22.8 Å². The Morgan fingerprint density at radius 3 is 2.50 bits per heavy atom. The summed E-state index contributed by atoms with van der Waals surface area (Å²) in [5, 5.41) is 7.56. The van der Waals surface area contributed by atoms with Crippen LogP contribution in [0.2, 0.25) is 0 Å². The summed E-state index contributed by atoms with van der Waals surface area (Å²) in [6, 6.07) is 1.01. The highest BCUT2D eigenvalue weighted by Gasteiger charge is 2.27. The van der Waals surface area contributed by atoms with Gasteiger partial charge in [0.2, 0.25) is 5.91 Å². The number of anilines is 1. The van der Waals surface area contributed by atoms with Gasteiger partial charge in [0.1, 0.15) is 6.54 Å². The number of aromatic nitrogens is 2. The Balaban J connectivity index is 1.88. The lowest BCUT2D eigenvalue weighted by molar-refractivity contribution is -0.120. The van der Waals surface area contributed by atoms with Crippen molar-refractivity contribution in [2.24, 2.45) is 12.0 Å². The van der Waals surface area contributed by atoms with Crippen molar-refractivity contribution in [2.75, 3.05) is 44.7 Å². The first-order valence-electron chi connectivity index (χ1n) is 9.33. The van der Waals surface area contributed by atoms with Crippen LogP contribution in [0.5, 0.6) is 0 Å². The van der Waals surface area contributed by atoms with Crippen molar-refractivity contribution in [3.63, 3.8) is 0 Å². The van der Waals surface area contributed by atoms with E-state index >= 15 is 0 Å². The van der Waals surface area contributed by atoms with Crippen LogP contribution in [-0.4, -0.2) is 83.3 Å². The van der Waals surface area contributed by atoms with Crippen LogP contribution in [0.25, 0.3) is 0 Å². The van der Waals surface area contributed by atoms with E-state index in [2.05, 4.69) is 48.0 Å². The third-order valence-electron chi connectivity index (χ3n) is 4.71. The summed E-state index contributed by atoms with van der Waals surface area (Å²) in [5.74, 6) is 0.856. The van der Waals surface area contributed by atoms with Crippen LogP contribution in [0.15, 0.2) is 17.4 Å². The zero-order chi connectivity index (χ0) is 19.3. The average molecular weight is 364 g/mol. The number of carbonyl (C=O) groups is 1. The van der Waals surface area contributed by atoms with Crippen LogP contribution in [0.3, 0.4) is 0 Å². The predicted molar refractivity (Wildman–Crippen MR) is 105 cm³/mol. The fourth-order valence-corrected chi connectivity index (χ4v) is 3.42. The molecule has 2 heterocycles. The van der Waals surface area contributed by atoms with Gasteiger partial charge in [-0.1, -0.05) is 0 Å². The minimum Gasteiger partial charge on any atom is -0.355 e. The maximum atomic E-state index is 12.6. The summed E-state index contributed by atoms with van der Waals surface area (Å²) in [6.07, 6.45) is 3.60. The number of nitrogens with zero attached hydrogens (tertiary/aromatic N) is 6. The molecule has 1 saturated heterocycles. The molecule has 0 bridgehead atoms. The Kier molecular flexibility index (Phi) is 7.02. The van der Waals surface area contributed by atoms with E-state index in [0.717, 1.165) is 31.3 Å². The SMILES string of the molecule is CN=C(NCCN(C(C)C)C(C)C)N1CCN(c2cnn(C)c2)C(=O)C1. The van der Waals surface area contributed by atoms with Crippen molar-refractivity contribution < 1.29 is 4.79 Å². The van der Waals surface area contributed by atoms with E-state index in [4.69, 9.17) is 0 Å². The largest absolute Gasteiger partial charge is 0.355 e. The van der Waals surface area contributed by atoms with E-state index in [-0.39, 0.29) is 5.91 Å². The highest BCUT2D eigenvalue weighted by molar-refractivity contribution is 5.98. The molecule has 0 aromatic carbocycles. The number of rotatable bonds is 6. The Labute approximate surface area is 156 Å². The quantitative estimate of drug-likeness (QED) is 0.597. The fraction of sp³-hybridized carbons (Fsp3) is 0.722. The molecule has 26 heavy (non-hydrogen) atoms. The van der Waals surface area contributed by atoms with Crippen LogP contribution in [0, 0.1) is 0 Å². The van der Waals surface area contributed by atoms with Crippen molar-refractivity contribution in [1.82, 2.24) is 24.9 Å². The zero-order valence-electron chi connectivity index (χ0n) is 16.9. The van der Waals surface area contributed by atoms with Crippen LogP contribution >= 0.6 is 0 Å². The second-order valence-corrected chi connectivity index (χ2v) is 7.24. The summed E-state index contributed by atoms with van der Waals surface area (Å²) in [4.78, 5) is 23.2. The summed E-state index contributed by atoms with van der Waals surface area (Å²) in [6.45, 7) is 12.3. The van der Waals surface area contributed by atoms with Crippen LogP contribution in [-0.2, 0) is 11.8 Å². The van der Waals surface area contributed by atoms with E-state index in [1.165, 1.54) is 0 Å². The van der Waals surface area contributed by atoms with Gasteiger partial charge in [0.05, 0.1) is 11.9 Å². The van der Waals surface area contributed by atoms with Crippen molar-refractivity contribution in [1.29, 1.82) is 0 Å². The number of guanidine groups is 1. The van der Waals surface area contributed by atoms with E-state index in [1.807, 2.05) is 18.1 Å². The monoisotopic (exact) mass is 363 g/mol. The molecule has 8 nitrogen and oxygen atoms in total. The van der Waals surface area contributed by atoms with E-state index < -0.39 is 0 Å². The molecule has 1 aromatic rings. The topological polar surface area (TPSA) is 69.0 Å². The molecular formula is C18H33N7O. The summed E-state index contributed by atoms with van der Waals surface area (Å²) >= 11 is 0. The van der Waals surface area contributed by atoms with Gasteiger partial charge in [-0.2, -0.15) is 5.10 Å². The highest BCUT2D eigenvalue weighted by Crippen LogP contribution is 2.16. The fourth-order valence-electron chi connectivity index (χ4n) is 3.42. The number of hydrogen-bond acceptors (Lipinski definition) is 4.